The van der Waals surface area contributed by atoms with Gasteiger partial charge in [0.05, 0.1) is 6.04 Å². The molecule has 0 aromatic heterocycles. The highest BCUT2D eigenvalue weighted by molar-refractivity contribution is 5.40. The van der Waals surface area contributed by atoms with Crippen LogP contribution in [0.2, 0.25) is 0 Å². The van der Waals surface area contributed by atoms with Gasteiger partial charge in [0.2, 0.25) is 0 Å². The second-order valence-corrected chi connectivity index (χ2v) is 4.95. The highest BCUT2D eigenvalue weighted by Gasteiger charge is 2.31. The van der Waals surface area contributed by atoms with E-state index in [4.69, 9.17) is 5.73 Å². The van der Waals surface area contributed by atoms with Crippen LogP contribution in [0.15, 0.2) is 42.5 Å². The first kappa shape index (κ1) is 15.4. The summed E-state index contributed by atoms with van der Waals surface area (Å²) in [7, 11) is 0. The number of alkyl halides is 3. The summed E-state index contributed by atoms with van der Waals surface area (Å²) in [6.45, 7) is 3.92. The number of hydrogen-bond acceptors (Lipinski definition) is 2. The Hall–Kier alpha value is -2.01. The van der Waals surface area contributed by atoms with Gasteiger partial charge in [-0.2, -0.15) is 0 Å². The fourth-order valence-corrected chi connectivity index (χ4v) is 2.15. The zero-order valence-electron chi connectivity index (χ0n) is 11.7. The Morgan fingerprint density at radius 2 is 1.62 bits per heavy atom. The molecule has 0 aliphatic rings. The van der Waals surface area contributed by atoms with Crippen molar-refractivity contribution < 1.29 is 17.9 Å². The fraction of sp³-hybridized carbons (Fsp3) is 0.250. The zero-order chi connectivity index (χ0) is 15.6. The molecule has 21 heavy (non-hydrogen) atoms. The van der Waals surface area contributed by atoms with Crippen molar-refractivity contribution in [3.05, 3.63) is 64.7 Å². The Morgan fingerprint density at radius 1 is 1.00 bits per heavy atom. The predicted octanol–water partition coefficient (Wildman–Crippen LogP) is 4.25. The maximum Gasteiger partial charge on any atom is 0.573 e. The van der Waals surface area contributed by atoms with Gasteiger partial charge in [-0.25, -0.2) is 0 Å². The van der Waals surface area contributed by atoms with Gasteiger partial charge in [-0.05, 0) is 42.7 Å². The molecule has 5 heteroatoms. The molecule has 2 rings (SSSR count). The molecule has 2 N–H and O–H groups in total. The van der Waals surface area contributed by atoms with E-state index >= 15 is 0 Å². The molecule has 0 aliphatic heterocycles. The minimum Gasteiger partial charge on any atom is -0.406 e. The molecule has 0 radical (unpaired) electrons. The van der Waals surface area contributed by atoms with Crippen LogP contribution in [0.1, 0.15) is 28.3 Å². The number of rotatable bonds is 3. The monoisotopic (exact) mass is 295 g/mol. The Labute approximate surface area is 121 Å². The molecule has 112 valence electrons. The number of aryl methyl sites for hydroxylation is 2. The number of hydrogen-bond donors (Lipinski definition) is 1. The molecule has 2 aromatic carbocycles. The lowest BCUT2D eigenvalue weighted by Gasteiger charge is -2.17. The van der Waals surface area contributed by atoms with Gasteiger partial charge in [0.1, 0.15) is 5.75 Å². The summed E-state index contributed by atoms with van der Waals surface area (Å²) in [4.78, 5) is 0. The van der Waals surface area contributed by atoms with Crippen molar-refractivity contribution in [3.8, 4) is 5.75 Å². The molecule has 0 saturated carbocycles. The first-order chi connectivity index (χ1) is 9.76. The lowest BCUT2D eigenvalue weighted by Crippen LogP contribution is -2.17. The van der Waals surface area contributed by atoms with Crippen LogP contribution in [0.3, 0.4) is 0 Å². The second kappa shape index (κ2) is 5.77. The summed E-state index contributed by atoms with van der Waals surface area (Å²) in [5.74, 6) is -0.251. The molecule has 0 bridgehead atoms. The Balaban J connectivity index is 2.24. The van der Waals surface area contributed by atoms with E-state index in [-0.39, 0.29) is 11.8 Å². The number of nitrogens with two attached hydrogens (primary N) is 1. The van der Waals surface area contributed by atoms with Crippen LogP contribution < -0.4 is 10.5 Å². The average Bonchev–Trinajstić information content (AvgIpc) is 2.40. The van der Waals surface area contributed by atoms with Crippen molar-refractivity contribution in [2.45, 2.75) is 26.3 Å². The molecular formula is C16H16F3NO. The highest BCUT2D eigenvalue weighted by atomic mass is 19.4. The van der Waals surface area contributed by atoms with Crippen LogP contribution in [-0.4, -0.2) is 6.36 Å². The topological polar surface area (TPSA) is 35.2 Å². The first-order valence-corrected chi connectivity index (χ1v) is 6.45. The highest BCUT2D eigenvalue weighted by Crippen LogP contribution is 2.27. The number of benzene rings is 2. The van der Waals surface area contributed by atoms with Crippen molar-refractivity contribution in [1.82, 2.24) is 0 Å². The molecule has 1 atom stereocenters. The van der Waals surface area contributed by atoms with Gasteiger partial charge in [0.15, 0.2) is 0 Å². The first-order valence-electron chi connectivity index (χ1n) is 6.45. The summed E-state index contributed by atoms with van der Waals surface area (Å²) in [5.41, 5.74) is 10.0. The number of halogens is 3. The summed E-state index contributed by atoms with van der Waals surface area (Å²) in [6.07, 6.45) is -4.68. The van der Waals surface area contributed by atoms with Crippen LogP contribution in [0.4, 0.5) is 13.2 Å². The van der Waals surface area contributed by atoms with Gasteiger partial charge in [0.25, 0.3) is 0 Å². The van der Waals surface area contributed by atoms with Gasteiger partial charge < -0.3 is 10.5 Å². The summed E-state index contributed by atoms with van der Waals surface area (Å²) >= 11 is 0. The molecular weight excluding hydrogens is 279 g/mol. The van der Waals surface area contributed by atoms with Gasteiger partial charge in [0, 0.05) is 0 Å². The summed E-state index contributed by atoms with van der Waals surface area (Å²) in [5, 5.41) is 0. The molecule has 0 heterocycles. The van der Waals surface area contributed by atoms with E-state index in [2.05, 4.69) is 4.74 Å². The lowest BCUT2D eigenvalue weighted by molar-refractivity contribution is -0.274. The molecule has 0 saturated heterocycles. The molecule has 2 nitrogen and oxygen atoms in total. The largest absolute Gasteiger partial charge is 0.573 e. The number of ether oxygens (including phenoxy) is 1. The maximum atomic E-state index is 12.1. The molecule has 0 spiro atoms. The molecule has 0 aliphatic carbocycles. The van der Waals surface area contributed by atoms with E-state index in [0.29, 0.717) is 0 Å². The second-order valence-electron chi connectivity index (χ2n) is 4.95. The van der Waals surface area contributed by atoms with Crippen LogP contribution in [0.5, 0.6) is 5.75 Å². The van der Waals surface area contributed by atoms with Gasteiger partial charge >= 0.3 is 6.36 Å². The summed E-state index contributed by atoms with van der Waals surface area (Å²) in [6, 6.07) is 11.2. The minimum atomic E-state index is -4.68. The molecule has 0 fully saturated rings. The van der Waals surface area contributed by atoms with Crippen LogP contribution >= 0.6 is 0 Å². The molecule has 1 unspecified atom stereocenters. The van der Waals surface area contributed by atoms with Crippen LogP contribution in [0, 0.1) is 13.8 Å². The van der Waals surface area contributed by atoms with E-state index in [1.54, 1.807) is 12.1 Å². The van der Waals surface area contributed by atoms with E-state index in [1.165, 1.54) is 12.1 Å². The summed E-state index contributed by atoms with van der Waals surface area (Å²) < 4.78 is 40.2. The third kappa shape index (κ3) is 3.98. The van der Waals surface area contributed by atoms with Gasteiger partial charge in [-0.15, -0.1) is 13.2 Å². The normalized spacial score (nSPS) is 13.0. The van der Waals surface area contributed by atoms with Crippen LogP contribution in [-0.2, 0) is 0 Å². The van der Waals surface area contributed by atoms with Crippen molar-refractivity contribution in [1.29, 1.82) is 0 Å². The van der Waals surface area contributed by atoms with Gasteiger partial charge in [-0.1, -0.05) is 35.9 Å². The predicted molar refractivity (Wildman–Crippen MR) is 75.1 cm³/mol. The third-order valence-electron chi connectivity index (χ3n) is 3.24. The molecule has 2 aromatic rings. The smallest absolute Gasteiger partial charge is 0.406 e. The quantitative estimate of drug-likeness (QED) is 0.918. The van der Waals surface area contributed by atoms with E-state index < -0.39 is 6.36 Å². The Morgan fingerprint density at radius 3 is 2.19 bits per heavy atom. The average molecular weight is 295 g/mol. The van der Waals surface area contributed by atoms with Crippen molar-refractivity contribution in [2.24, 2.45) is 5.73 Å². The van der Waals surface area contributed by atoms with E-state index in [0.717, 1.165) is 22.3 Å². The SMILES string of the molecule is Cc1ccc(C)c(C(N)c2ccc(OC(F)(F)F)cc2)c1. The van der Waals surface area contributed by atoms with Crippen molar-refractivity contribution in [2.75, 3.05) is 0 Å². The van der Waals surface area contributed by atoms with Crippen molar-refractivity contribution >= 4 is 0 Å². The van der Waals surface area contributed by atoms with Crippen molar-refractivity contribution in [3.63, 3.8) is 0 Å². The fourth-order valence-electron chi connectivity index (χ4n) is 2.15. The zero-order valence-corrected chi connectivity index (χ0v) is 11.7. The maximum absolute atomic E-state index is 12.1. The lowest BCUT2D eigenvalue weighted by atomic mass is 9.94. The standard InChI is InChI=1S/C16H16F3NO/c1-10-3-4-11(2)14(9-10)15(20)12-5-7-13(8-6-12)21-16(17,18)19/h3-9,15H,20H2,1-2H3. The van der Waals surface area contributed by atoms with Gasteiger partial charge in [-0.3, -0.25) is 0 Å². The third-order valence-corrected chi connectivity index (χ3v) is 3.24. The molecule has 0 amide bonds. The minimum absolute atomic E-state index is 0.251. The van der Waals surface area contributed by atoms with E-state index in [9.17, 15) is 13.2 Å². The Kier molecular flexibility index (Phi) is 4.23. The Bertz CT molecular complexity index is 620. The van der Waals surface area contributed by atoms with E-state index in [1.807, 2.05) is 32.0 Å². The van der Waals surface area contributed by atoms with Crippen LogP contribution in [0.25, 0.3) is 0 Å².